The first-order valence-corrected chi connectivity index (χ1v) is 6.97. The van der Waals surface area contributed by atoms with Crippen LogP contribution in [0, 0.1) is 0 Å². The van der Waals surface area contributed by atoms with Gasteiger partial charge in [-0.25, -0.2) is 4.68 Å². The average molecular weight is 259 g/mol. The van der Waals surface area contributed by atoms with Crippen LogP contribution in [0.25, 0.3) is 5.69 Å². The summed E-state index contributed by atoms with van der Waals surface area (Å²) in [5, 5.41) is 14.5. The number of nitrogens with one attached hydrogen (secondary N) is 1. The van der Waals surface area contributed by atoms with Crippen LogP contribution in [0.1, 0.15) is 39.0 Å². The van der Waals surface area contributed by atoms with Gasteiger partial charge < -0.3 is 5.32 Å². The highest BCUT2D eigenvalue weighted by Gasteiger charge is 1.97. The van der Waals surface area contributed by atoms with Crippen molar-refractivity contribution in [3.63, 3.8) is 0 Å². The predicted octanol–water partition coefficient (Wildman–Crippen LogP) is 3.04. The van der Waals surface area contributed by atoms with E-state index in [0.717, 1.165) is 17.9 Å². The third-order valence-electron chi connectivity index (χ3n) is 3.09. The summed E-state index contributed by atoms with van der Waals surface area (Å²) in [5.74, 6) is 0. The lowest BCUT2D eigenvalue weighted by molar-refractivity contribution is 0.645. The molecule has 5 heteroatoms. The molecular weight excluding hydrogens is 238 g/mol. The summed E-state index contributed by atoms with van der Waals surface area (Å²) in [5.41, 5.74) is 2.12. The molecular formula is C14H21N5. The first-order chi connectivity index (χ1) is 9.40. The fourth-order valence-electron chi connectivity index (χ4n) is 1.97. The quantitative estimate of drug-likeness (QED) is 0.740. The number of nitrogens with zero attached hydrogens (tertiary/aromatic N) is 4. The second kappa shape index (κ2) is 7.51. The van der Waals surface area contributed by atoms with Gasteiger partial charge >= 0.3 is 0 Å². The van der Waals surface area contributed by atoms with Crippen LogP contribution in [0.5, 0.6) is 0 Å². The highest BCUT2D eigenvalue weighted by molar-refractivity contribution is 5.48. The van der Waals surface area contributed by atoms with E-state index in [0.29, 0.717) is 0 Å². The maximum absolute atomic E-state index is 3.86. The molecule has 0 amide bonds. The summed E-state index contributed by atoms with van der Waals surface area (Å²) in [6.45, 7) is 3.28. The summed E-state index contributed by atoms with van der Waals surface area (Å²) < 4.78 is 1.65. The Morgan fingerprint density at radius 2 is 1.84 bits per heavy atom. The number of aromatic nitrogens is 4. The molecule has 0 saturated heterocycles. The van der Waals surface area contributed by atoms with Crippen LogP contribution in [0.2, 0.25) is 0 Å². The summed E-state index contributed by atoms with van der Waals surface area (Å²) in [4.78, 5) is 0. The van der Waals surface area contributed by atoms with E-state index in [1.54, 1.807) is 11.0 Å². The van der Waals surface area contributed by atoms with Crippen LogP contribution < -0.4 is 5.32 Å². The zero-order valence-corrected chi connectivity index (χ0v) is 11.4. The lowest BCUT2D eigenvalue weighted by atomic mass is 10.1. The number of unbranched alkanes of at least 4 members (excludes halogenated alkanes) is 4. The van der Waals surface area contributed by atoms with Crippen LogP contribution in [-0.4, -0.2) is 26.8 Å². The molecule has 0 atom stereocenters. The molecule has 1 aromatic heterocycles. The standard InChI is InChI=1S/C14H21N5/c1-2-3-4-5-6-11-15-13-7-9-14(10-8-13)19-12-16-17-18-19/h7-10,12,15H,2-6,11H2,1H3. The smallest absolute Gasteiger partial charge is 0.143 e. The van der Waals surface area contributed by atoms with Crippen LogP contribution in [-0.2, 0) is 0 Å². The molecule has 0 aliphatic carbocycles. The predicted molar refractivity (Wildman–Crippen MR) is 76.4 cm³/mol. The van der Waals surface area contributed by atoms with E-state index >= 15 is 0 Å². The molecule has 0 bridgehead atoms. The summed E-state index contributed by atoms with van der Waals surface area (Å²) in [6, 6.07) is 8.14. The Morgan fingerprint density at radius 3 is 2.53 bits per heavy atom. The number of benzene rings is 1. The lowest BCUT2D eigenvalue weighted by Crippen LogP contribution is -2.02. The topological polar surface area (TPSA) is 55.6 Å². The molecule has 0 radical (unpaired) electrons. The number of tetrazole rings is 1. The van der Waals surface area contributed by atoms with Gasteiger partial charge in [-0.3, -0.25) is 0 Å². The zero-order chi connectivity index (χ0) is 13.3. The zero-order valence-electron chi connectivity index (χ0n) is 11.4. The lowest BCUT2D eigenvalue weighted by Gasteiger charge is -2.07. The summed E-state index contributed by atoms with van der Waals surface area (Å²) in [7, 11) is 0. The molecule has 1 aromatic carbocycles. The first kappa shape index (κ1) is 13.5. The van der Waals surface area contributed by atoms with Gasteiger partial charge in [0.25, 0.3) is 0 Å². The SMILES string of the molecule is CCCCCCCNc1ccc(-n2cnnn2)cc1. The number of rotatable bonds is 8. The van der Waals surface area contributed by atoms with Gasteiger partial charge in [-0.15, -0.1) is 5.10 Å². The van der Waals surface area contributed by atoms with Crippen molar-refractivity contribution in [2.24, 2.45) is 0 Å². The van der Waals surface area contributed by atoms with E-state index in [1.807, 2.05) is 12.1 Å². The van der Waals surface area contributed by atoms with Crippen LogP contribution >= 0.6 is 0 Å². The highest BCUT2D eigenvalue weighted by Crippen LogP contribution is 2.12. The van der Waals surface area contributed by atoms with Gasteiger partial charge in [0.15, 0.2) is 0 Å². The maximum atomic E-state index is 3.86. The van der Waals surface area contributed by atoms with E-state index in [4.69, 9.17) is 0 Å². The Kier molecular flexibility index (Phi) is 5.34. The Morgan fingerprint density at radius 1 is 1.05 bits per heavy atom. The average Bonchev–Trinajstić information content (AvgIpc) is 2.97. The molecule has 0 spiro atoms. The fraction of sp³-hybridized carbons (Fsp3) is 0.500. The van der Waals surface area contributed by atoms with Gasteiger partial charge in [-0.05, 0) is 41.1 Å². The van der Waals surface area contributed by atoms with E-state index in [2.05, 4.69) is 39.9 Å². The molecule has 102 valence electrons. The minimum atomic E-state index is 0.971. The monoisotopic (exact) mass is 259 g/mol. The normalized spacial score (nSPS) is 10.6. The first-order valence-electron chi connectivity index (χ1n) is 6.97. The van der Waals surface area contributed by atoms with E-state index in [1.165, 1.54) is 32.1 Å². The third kappa shape index (κ3) is 4.35. The molecule has 2 aromatic rings. The van der Waals surface area contributed by atoms with Crippen molar-refractivity contribution in [2.75, 3.05) is 11.9 Å². The fourth-order valence-corrected chi connectivity index (χ4v) is 1.97. The molecule has 1 heterocycles. The Balaban J connectivity index is 1.73. The van der Waals surface area contributed by atoms with Gasteiger partial charge in [-0.2, -0.15) is 0 Å². The molecule has 5 nitrogen and oxygen atoms in total. The van der Waals surface area contributed by atoms with Crippen molar-refractivity contribution < 1.29 is 0 Å². The van der Waals surface area contributed by atoms with Crippen LogP contribution in [0.3, 0.4) is 0 Å². The van der Waals surface area contributed by atoms with Gasteiger partial charge in [0.2, 0.25) is 0 Å². The van der Waals surface area contributed by atoms with Gasteiger partial charge in [0.05, 0.1) is 5.69 Å². The summed E-state index contributed by atoms with van der Waals surface area (Å²) in [6.07, 6.45) is 8.12. The number of hydrogen-bond acceptors (Lipinski definition) is 4. The molecule has 0 aliphatic rings. The molecule has 0 fully saturated rings. The molecule has 0 unspecified atom stereocenters. The Hall–Kier alpha value is -1.91. The Bertz CT molecular complexity index is 449. The Labute approximate surface area is 114 Å². The molecule has 2 rings (SSSR count). The van der Waals surface area contributed by atoms with Crippen molar-refractivity contribution in [3.8, 4) is 5.69 Å². The van der Waals surface area contributed by atoms with Gasteiger partial charge in [0.1, 0.15) is 6.33 Å². The largest absolute Gasteiger partial charge is 0.385 e. The second-order valence-electron chi connectivity index (χ2n) is 4.64. The van der Waals surface area contributed by atoms with E-state index in [-0.39, 0.29) is 0 Å². The number of hydrogen-bond donors (Lipinski definition) is 1. The van der Waals surface area contributed by atoms with Gasteiger partial charge in [-0.1, -0.05) is 32.6 Å². The highest BCUT2D eigenvalue weighted by atomic mass is 15.5. The van der Waals surface area contributed by atoms with Crippen molar-refractivity contribution in [3.05, 3.63) is 30.6 Å². The minimum Gasteiger partial charge on any atom is -0.385 e. The van der Waals surface area contributed by atoms with Crippen LogP contribution in [0.15, 0.2) is 30.6 Å². The van der Waals surface area contributed by atoms with E-state index in [9.17, 15) is 0 Å². The second-order valence-corrected chi connectivity index (χ2v) is 4.64. The van der Waals surface area contributed by atoms with Crippen molar-refractivity contribution in [2.45, 2.75) is 39.0 Å². The van der Waals surface area contributed by atoms with Gasteiger partial charge in [0, 0.05) is 12.2 Å². The van der Waals surface area contributed by atoms with Crippen molar-refractivity contribution in [1.29, 1.82) is 0 Å². The minimum absolute atomic E-state index is 0.971. The third-order valence-corrected chi connectivity index (χ3v) is 3.09. The molecule has 19 heavy (non-hydrogen) atoms. The maximum Gasteiger partial charge on any atom is 0.143 e. The van der Waals surface area contributed by atoms with Crippen LogP contribution in [0.4, 0.5) is 5.69 Å². The van der Waals surface area contributed by atoms with Crippen molar-refractivity contribution in [1.82, 2.24) is 20.2 Å². The number of anilines is 1. The van der Waals surface area contributed by atoms with Crippen molar-refractivity contribution >= 4 is 5.69 Å². The molecule has 1 N–H and O–H groups in total. The van der Waals surface area contributed by atoms with E-state index < -0.39 is 0 Å². The molecule has 0 aliphatic heterocycles. The summed E-state index contributed by atoms with van der Waals surface area (Å²) >= 11 is 0. The molecule has 0 saturated carbocycles.